The van der Waals surface area contributed by atoms with Crippen molar-refractivity contribution < 1.29 is 14.6 Å². The lowest BCUT2D eigenvalue weighted by atomic mass is 10.1. The van der Waals surface area contributed by atoms with Crippen molar-refractivity contribution in [3.63, 3.8) is 0 Å². The van der Waals surface area contributed by atoms with Crippen LogP contribution in [-0.4, -0.2) is 18.2 Å². The molecule has 0 radical (unpaired) electrons. The van der Waals surface area contributed by atoms with Crippen LogP contribution in [-0.2, 0) is 0 Å². The van der Waals surface area contributed by atoms with Gasteiger partial charge >= 0.3 is 5.97 Å². The Balaban J connectivity index is 3.20. The van der Waals surface area contributed by atoms with Gasteiger partial charge in [0.15, 0.2) is 0 Å². The minimum absolute atomic E-state index is 0.211. The Bertz CT molecular complexity index is 342. The van der Waals surface area contributed by atoms with E-state index in [1.807, 2.05) is 0 Å². The molecule has 1 aromatic rings. The van der Waals surface area contributed by atoms with Gasteiger partial charge in [-0.3, -0.25) is 0 Å². The molecule has 0 unspecified atom stereocenters. The number of hydrogen-bond donors (Lipinski definition) is 1. The fraction of sp³-hybridized carbons (Fsp3) is 0.100. The number of methoxy groups -OCH3 is 1. The molecule has 0 bridgehead atoms. The minimum atomic E-state index is -0.964. The van der Waals surface area contributed by atoms with Gasteiger partial charge in [-0.05, 0) is 12.1 Å². The third kappa shape index (κ3) is 1.87. The van der Waals surface area contributed by atoms with E-state index in [9.17, 15) is 4.79 Å². The van der Waals surface area contributed by atoms with Crippen molar-refractivity contribution in [2.24, 2.45) is 0 Å². The van der Waals surface area contributed by atoms with Gasteiger partial charge in [0.1, 0.15) is 5.75 Å². The highest BCUT2D eigenvalue weighted by molar-refractivity contribution is 5.88. The number of benzene rings is 1. The zero-order valence-corrected chi connectivity index (χ0v) is 7.28. The van der Waals surface area contributed by atoms with Crippen molar-refractivity contribution in [1.82, 2.24) is 0 Å². The van der Waals surface area contributed by atoms with Crippen molar-refractivity contribution >= 4 is 12.0 Å². The average molecular weight is 178 g/mol. The Morgan fingerprint density at radius 2 is 2.31 bits per heavy atom. The van der Waals surface area contributed by atoms with E-state index in [2.05, 4.69) is 6.58 Å². The molecule has 1 aromatic carbocycles. The molecule has 3 nitrogen and oxygen atoms in total. The first-order valence-electron chi connectivity index (χ1n) is 3.73. The van der Waals surface area contributed by atoms with Gasteiger partial charge in [0.25, 0.3) is 0 Å². The molecular weight excluding hydrogens is 168 g/mol. The first-order chi connectivity index (χ1) is 6.19. The normalized spacial score (nSPS) is 9.31. The second-order valence-corrected chi connectivity index (χ2v) is 2.47. The molecule has 3 heteroatoms. The number of hydrogen-bond acceptors (Lipinski definition) is 2. The highest BCUT2D eigenvalue weighted by Crippen LogP contribution is 2.20. The number of rotatable bonds is 3. The highest BCUT2D eigenvalue weighted by atomic mass is 16.5. The Morgan fingerprint density at radius 1 is 1.62 bits per heavy atom. The van der Waals surface area contributed by atoms with Gasteiger partial charge in [0.2, 0.25) is 0 Å². The SMILES string of the molecule is C=Cc1ccc(C(=O)O)cc1OC. The van der Waals surface area contributed by atoms with E-state index in [4.69, 9.17) is 9.84 Å². The van der Waals surface area contributed by atoms with Crippen molar-refractivity contribution in [2.75, 3.05) is 7.11 Å². The van der Waals surface area contributed by atoms with Crippen LogP contribution in [0, 0.1) is 0 Å². The first kappa shape index (κ1) is 9.32. The van der Waals surface area contributed by atoms with Crippen LogP contribution in [0.4, 0.5) is 0 Å². The Kier molecular flexibility index (Phi) is 2.69. The second kappa shape index (κ2) is 3.76. The molecule has 68 valence electrons. The monoisotopic (exact) mass is 178 g/mol. The standard InChI is InChI=1S/C10H10O3/c1-3-7-4-5-8(10(11)12)6-9(7)13-2/h3-6H,1H2,2H3,(H,11,12). The third-order valence-corrected chi connectivity index (χ3v) is 1.70. The van der Waals surface area contributed by atoms with Crippen LogP contribution < -0.4 is 4.74 Å². The predicted molar refractivity (Wildman–Crippen MR) is 50.0 cm³/mol. The van der Waals surface area contributed by atoms with Crippen LogP contribution in [0.3, 0.4) is 0 Å². The lowest BCUT2D eigenvalue weighted by Crippen LogP contribution is -1.97. The molecule has 0 fully saturated rings. The summed E-state index contributed by atoms with van der Waals surface area (Å²) in [6.07, 6.45) is 1.62. The van der Waals surface area contributed by atoms with Crippen molar-refractivity contribution in [3.05, 3.63) is 35.9 Å². The van der Waals surface area contributed by atoms with E-state index in [0.29, 0.717) is 5.75 Å². The fourth-order valence-electron chi connectivity index (χ4n) is 1.01. The summed E-state index contributed by atoms with van der Waals surface area (Å²) in [6, 6.07) is 4.65. The van der Waals surface area contributed by atoms with Crippen LogP contribution in [0.1, 0.15) is 15.9 Å². The van der Waals surface area contributed by atoms with Crippen LogP contribution in [0.25, 0.3) is 6.08 Å². The zero-order valence-electron chi connectivity index (χ0n) is 7.28. The molecule has 0 aliphatic carbocycles. The van der Waals surface area contributed by atoms with E-state index < -0.39 is 5.97 Å². The summed E-state index contributed by atoms with van der Waals surface area (Å²) >= 11 is 0. The molecular formula is C10H10O3. The molecule has 13 heavy (non-hydrogen) atoms. The maximum absolute atomic E-state index is 10.6. The zero-order chi connectivity index (χ0) is 9.84. The van der Waals surface area contributed by atoms with Crippen molar-refractivity contribution in [3.8, 4) is 5.75 Å². The van der Waals surface area contributed by atoms with Gasteiger partial charge in [0, 0.05) is 5.56 Å². The first-order valence-corrected chi connectivity index (χ1v) is 3.73. The number of carboxylic acid groups (broad SMARTS) is 1. The number of aromatic carboxylic acids is 1. The number of ether oxygens (including phenoxy) is 1. The largest absolute Gasteiger partial charge is 0.496 e. The van der Waals surface area contributed by atoms with Crippen molar-refractivity contribution in [2.45, 2.75) is 0 Å². The topological polar surface area (TPSA) is 46.5 Å². The van der Waals surface area contributed by atoms with Gasteiger partial charge in [-0.15, -0.1) is 0 Å². The van der Waals surface area contributed by atoms with Crippen molar-refractivity contribution in [1.29, 1.82) is 0 Å². The van der Waals surface area contributed by atoms with Gasteiger partial charge < -0.3 is 9.84 Å². The summed E-state index contributed by atoms with van der Waals surface area (Å²) < 4.78 is 4.99. The summed E-state index contributed by atoms with van der Waals surface area (Å²) in [4.78, 5) is 10.6. The van der Waals surface area contributed by atoms with Crippen LogP contribution >= 0.6 is 0 Å². The van der Waals surface area contributed by atoms with Gasteiger partial charge in [-0.1, -0.05) is 18.7 Å². The predicted octanol–water partition coefficient (Wildman–Crippen LogP) is 2.04. The summed E-state index contributed by atoms with van der Waals surface area (Å²) in [5.41, 5.74) is 0.995. The summed E-state index contributed by atoms with van der Waals surface area (Å²) in [6.45, 7) is 3.59. The lowest BCUT2D eigenvalue weighted by molar-refractivity contribution is 0.0696. The molecule has 1 N–H and O–H groups in total. The molecule has 0 aliphatic heterocycles. The maximum Gasteiger partial charge on any atom is 0.335 e. The average Bonchev–Trinajstić information content (AvgIpc) is 2.16. The molecule has 0 saturated heterocycles. The summed E-state index contributed by atoms with van der Waals surface area (Å²) in [5.74, 6) is -0.441. The fourth-order valence-corrected chi connectivity index (χ4v) is 1.01. The molecule has 0 aromatic heterocycles. The summed E-state index contributed by atoms with van der Waals surface area (Å²) in [7, 11) is 1.49. The Morgan fingerprint density at radius 3 is 2.77 bits per heavy atom. The van der Waals surface area contributed by atoms with E-state index in [0.717, 1.165) is 5.56 Å². The Labute approximate surface area is 76.3 Å². The van der Waals surface area contributed by atoms with Crippen LogP contribution in [0.2, 0.25) is 0 Å². The third-order valence-electron chi connectivity index (χ3n) is 1.70. The summed E-state index contributed by atoms with van der Waals surface area (Å²) in [5, 5.41) is 8.69. The van der Waals surface area contributed by atoms with Gasteiger partial charge in [0.05, 0.1) is 12.7 Å². The molecule has 0 atom stereocenters. The smallest absolute Gasteiger partial charge is 0.335 e. The molecule has 0 spiro atoms. The van der Waals surface area contributed by atoms with E-state index in [1.165, 1.54) is 19.2 Å². The van der Waals surface area contributed by atoms with Crippen LogP contribution in [0.15, 0.2) is 24.8 Å². The number of carboxylic acids is 1. The quantitative estimate of drug-likeness (QED) is 0.770. The lowest BCUT2D eigenvalue weighted by Gasteiger charge is -2.04. The van der Waals surface area contributed by atoms with E-state index in [-0.39, 0.29) is 5.56 Å². The van der Waals surface area contributed by atoms with Crippen LogP contribution in [0.5, 0.6) is 5.75 Å². The van der Waals surface area contributed by atoms with Gasteiger partial charge in [-0.25, -0.2) is 4.79 Å². The van der Waals surface area contributed by atoms with E-state index >= 15 is 0 Å². The molecule has 0 saturated carbocycles. The highest BCUT2D eigenvalue weighted by Gasteiger charge is 2.06. The number of carbonyl (C=O) groups is 1. The Hall–Kier alpha value is -1.77. The van der Waals surface area contributed by atoms with Gasteiger partial charge in [-0.2, -0.15) is 0 Å². The minimum Gasteiger partial charge on any atom is -0.496 e. The van der Waals surface area contributed by atoms with E-state index in [1.54, 1.807) is 12.1 Å². The molecule has 0 amide bonds. The molecule has 0 heterocycles. The molecule has 1 rings (SSSR count). The second-order valence-electron chi connectivity index (χ2n) is 2.47. The maximum atomic E-state index is 10.6. The molecule has 0 aliphatic rings.